The highest BCUT2D eigenvalue weighted by atomic mass is 35.5. The second kappa shape index (κ2) is 7.08. The van der Waals surface area contributed by atoms with Crippen LogP contribution < -0.4 is 4.57 Å². The topological polar surface area (TPSA) is 12.1 Å². The van der Waals surface area contributed by atoms with Crippen LogP contribution in [0, 0.1) is 0 Å². The van der Waals surface area contributed by atoms with Crippen LogP contribution in [0.5, 0.6) is 0 Å². The zero-order chi connectivity index (χ0) is 17.4. The number of hydrogen-bond donors (Lipinski definition) is 0. The van der Waals surface area contributed by atoms with Gasteiger partial charge in [-0.05, 0) is 51.0 Å². The second-order valence-electron chi connectivity index (χ2n) is 6.58. The van der Waals surface area contributed by atoms with E-state index in [1.54, 1.807) is 0 Å². The van der Waals surface area contributed by atoms with E-state index in [0.717, 1.165) is 31.1 Å². The third-order valence-corrected chi connectivity index (χ3v) is 6.51. The van der Waals surface area contributed by atoms with Crippen LogP contribution in [-0.4, -0.2) is 28.3 Å². The van der Waals surface area contributed by atoms with E-state index >= 15 is 0 Å². The van der Waals surface area contributed by atoms with Crippen molar-refractivity contribution in [2.45, 2.75) is 39.8 Å². The highest BCUT2D eigenvalue weighted by Gasteiger charge is 2.30. The quantitative estimate of drug-likeness (QED) is 0.722. The van der Waals surface area contributed by atoms with Gasteiger partial charge in [-0.3, -0.25) is 0 Å². The number of thioether (sulfide) groups is 1. The lowest BCUT2D eigenvalue weighted by molar-refractivity contribution is -0.671. The van der Waals surface area contributed by atoms with Gasteiger partial charge in [0.2, 0.25) is 0 Å². The van der Waals surface area contributed by atoms with E-state index in [2.05, 4.69) is 52.2 Å². The lowest BCUT2D eigenvalue weighted by atomic mass is 10.1. The summed E-state index contributed by atoms with van der Waals surface area (Å²) in [4.78, 5) is 2.47. The fourth-order valence-corrected chi connectivity index (χ4v) is 5.26. The molecule has 1 fully saturated rings. The molecule has 0 N–H and O–H groups in total. The number of fused-ring (bicyclic) bond motifs is 3. The molecule has 1 saturated heterocycles. The maximum atomic E-state index is 6.27. The Kier molecular flexibility index (Phi) is 4.83. The molecule has 25 heavy (non-hydrogen) atoms. The fourth-order valence-electron chi connectivity index (χ4n) is 4.01. The van der Waals surface area contributed by atoms with Gasteiger partial charge in [0.15, 0.2) is 11.0 Å². The summed E-state index contributed by atoms with van der Waals surface area (Å²) in [5, 5.41) is 2.22. The minimum Gasteiger partial charge on any atom is -0.366 e. The average molecular weight is 375 g/mol. The number of allylic oxidation sites excluding steroid dienone is 3. The minimum absolute atomic E-state index is 0.811. The van der Waals surface area contributed by atoms with Crippen LogP contribution in [0.4, 0.5) is 0 Å². The van der Waals surface area contributed by atoms with Crippen molar-refractivity contribution in [1.82, 2.24) is 9.47 Å². The molecule has 0 bridgehead atoms. The van der Waals surface area contributed by atoms with Crippen LogP contribution >= 0.6 is 23.4 Å². The normalized spacial score (nSPS) is 20.8. The van der Waals surface area contributed by atoms with E-state index in [0.29, 0.717) is 0 Å². The summed E-state index contributed by atoms with van der Waals surface area (Å²) in [5.74, 6) is 2.56. The molecule has 3 nitrogen and oxygen atoms in total. The summed E-state index contributed by atoms with van der Waals surface area (Å²) < 4.78 is 4.90. The van der Waals surface area contributed by atoms with Crippen LogP contribution in [0.2, 0.25) is 5.02 Å². The number of benzene rings is 1. The average Bonchev–Trinajstić information content (AvgIpc) is 3.21. The first kappa shape index (κ1) is 17.0. The highest BCUT2D eigenvalue weighted by Crippen LogP contribution is 2.32. The lowest BCUT2D eigenvalue weighted by Gasteiger charge is -2.16. The molecule has 3 heterocycles. The summed E-state index contributed by atoms with van der Waals surface area (Å²) in [5.41, 5.74) is 3.98. The molecular formula is C20H25ClN3S+. The smallest absolute Gasteiger partial charge is 0.285 e. The number of nitrogens with zero attached hydrogens (tertiary/aromatic N) is 3. The standard InChI is InChI=1S/C20H25ClN3S/c1-3-22-12-13-25-19(22)10-7-15-6-5-11-24-17-9-8-16(21)14-18(17)23(4-2)20(15)24/h7-10,14H,3-6,11-13H2,1-2H3/q+1. The zero-order valence-corrected chi connectivity index (χ0v) is 16.5. The van der Waals surface area contributed by atoms with Crippen molar-refractivity contribution in [3.05, 3.63) is 46.2 Å². The fraction of sp³-hybridized carbons (Fsp3) is 0.450. The van der Waals surface area contributed by atoms with Gasteiger partial charge in [0.1, 0.15) is 0 Å². The largest absolute Gasteiger partial charge is 0.366 e. The van der Waals surface area contributed by atoms with Gasteiger partial charge in [0.05, 0.1) is 18.1 Å². The lowest BCUT2D eigenvalue weighted by Crippen LogP contribution is -2.37. The van der Waals surface area contributed by atoms with Crippen molar-refractivity contribution in [3.8, 4) is 0 Å². The number of halogens is 1. The Morgan fingerprint density at radius 2 is 2.12 bits per heavy atom. The van der Waals surface area contributed by atoms with Gasteiger partial charge in [0.25, 0.3) is 5.82 Å². The van der Waals surface area contributed by atoms with Crippen molar-refractivity contribution in [1.29, 1.82) is 0 Å². The van der Waals surface area contributed by atoms with Crippen molar-refractivity contribution < 1.29 is 4.57 Å². The Hall–Kier alpha value is -1.39. The molecule has 0 aliphatic carbocycles. The first-order chi connectivity index (χ1) is 12.2. The van der Waals surface area contributed by atoms with Gasteiger partial charge in [-0.25, -0.2) is 9.13 Å². The van der Waals surface area contributed by atoms with Crippen molar-refractivity contribution >= 4 is 40.0 Å². The summed E-state index contributed by atoms with van der Waals surface area (Å²) in [6.07, 6.45) is 7.03. The number of rotatable bonds is 3. The Balaban J connectivity index is 1.83. The van der Waals surface area contributed by atoms with Crippen LogP contribution in [0.1, 0.15) is 32.5 Å². The Morgan fingerprint density at radius 3 is 2.92 bits per heavy atom. The van der Waals surface area contributed by atoms with Crippen molar-refractivity contribution in [2.75, 3.05) is 18.8 Å². The molecule has 2 aliphatic heterocycles. The van der Waals surface area contributed by atoms with Gasteiger partial charge in [-0.1, -0.05) is 11.6 Å². The number of aryl methyl sites for hydroxylation is 2. The van der Waals surface area contributed by atoms with Gasteiger partial charge in [-0.2, -0.15) is 0 Å². The highest BCUT2D eigenvalue weighted by molar-refractivity contribution is 8.03. The SMILES string of the molecule is CCN1CCSC1=CC=C1CCCn2c1[n+](CC)c1cc(Cl)ccc12. The monoisotopic (exact) mass is 374 g/mol. The molecule has 4 rings (SSSR count). The number of hydrogen-bond acceptors (Lipinski definition) is 2. The van der Waals surface area contributed by atoms with Crippen LogP contribution in [0.15, 0.2) is 35.4 Å². The number of aromatic nitrogens is 2. The van der Waals surface area contributed by atoms with E-state index in [1.165, 1.54) is 46.2 Å². The summed E-state index contributed by atoms with van der Waals surface area (Å²) in [7, 11) is 0. The molecule has 0 amide bonds. The molecule has 2 aromatic rings. The molecule has 5 heteroatoms. The van der Waals surface area contributed by atoms with E-state index in [9.17, 15) is 0 Å². The Bertz CT molecular complexity index is 865. The third-order valence-electron chi connectivity index (χ3n) is 5.19. The molecule has 0 unspecified atom stereocenters. The second-order valence-corrected chi connectivity index (χ2v) is 8.13. The van der Waals surface area contributed by atoms with Crippen LogP contribution in [-0.2, 0) is 13.1 Å². The third kappa shape index (κ3) is 3.00. The summed E-state index contributed by atoms with van der Waals surface area (Å²) in [6.45, 7) is 8.77. The molecule has 0 saturated carbocycles. The van der Waals surface area contributed by atoms with Gasteiger partial charge < -0.3 is 4.90 Å². The first-order valence-electron chi connectivity index (χ1n) is 9.23. The molecular weight excluding hydrogens is 350 g/mol. The summed E-state index contributed by atoms with van der Waals surface area (Å²) >= 11 is 8.25. The Morgan fingerprint density at radius 1 is 1.24 bits per heavy atom. The zero-order valence-electron chi connectivity index (χ0n) is 15.0. The van der Waals surface area contributed by atoms with Crippen LogP contribution in [0.25, 0.3) is 16.6 Å². The van der Waals surface area contributed by atoms with E-state index in [1.807, 2.05) is 17.8 Å². The summed E-state index contributed by atoms with van der Waals surface area (Å²) in [6, 6.07) is 6.28. The first-order valence-corrected chi connectivity index (χ1v) is 10.6. The van der Waals surface area contributed by atoms with Gasteiger partial charge in [-0.15, -0.1) is 11.8 Å². The predicted molar refractivity (Wildman–Crippen MR) is 108 cm³/mol. The minimum atomic E-state index is 0.811. The maximum absolute atomic E-state index is 6.27. The van der Waals surface area contributed by atoms with Gasteiger partial charge in [0, 0.05) is 35.5 Å². The maximum Gasteiger partial charge on any atom is 0.285 e. The van der Waals surface area contributed by atoms with E-state index in [4.69, 9.17) is 11.6 Å². The molecule has 2 aliphatic rings. The van der Waals surface area contributed by atoms with E-state index < -0.39 is 0 Å². The van der Waals surface area contributed by atoms with Gasteiger partial charge >= 0.3 is 0 Å². The van der Waals surface area contributed by atoms with E-state index in [-0.39, 0.29) is 0 Å². The molecule has 0 spiro atoms. The Labute approximate surface area is 159 Å². The predicted octanol–water partition coefficient (Wildman–Crippen LogP) is 4.69. The molecule has 1 aromatic heterocycles. The molecule has 1 aromatic carbocycles. The molecule has 0 atom stereocenters. The molecule has 132 valence electrons. The number of imidazole rings is 1. The van der Waals surface area contributed by atoms with Crippen molar-refractivity contribution in [2.24, 2.45) is 0 Å². The van der Waals surface area contributed by atoms with Crippen LogP contribution in [0.3, 0.4) is 0 Å². The molecule has 0 radical (unpaired) electrons. The van der Waals surface area contributed by atoms with Crippen molar-refractivity contribution in [3.63, 3.8) is 0 Å².